The maximum absolute atomic E-state index is 11.7. The Morgan fingerprint density at radius 2 is 1.94 bits per heavy atom. The third-order valence-corrected chi connectivity index (χ3v) is 2.42. The summed E-state index contributed by atoms with van der Waals surface area (Å²) in [6.07, 6.45) is 0.349. The van der Waals surface area contributed by atoms with Gasteiger partial charge in [-0.1, -0.05) is 6.92 Å². The fraction of sp³-hybridized carbons (Fsp3) is 0.333. The SMILES string of the molecule is CCC(=O)C(C)NC(=O)c1ccc(O)c(O)c1. The summed E-state index contributed by atoms with van der Waals surface area (Å²) in [6, 6.07) is 3.17. The summed E-state index contributed by atoms with van der Waals surface area (Å²) in [6.45, 7) is 3.32. The molecule has 1 rings (SSSR count). The van der Waals surface area contributed by atoms with Crippen LogP contribution in [0.4, 0.5) is 0 Å². The maximum atomic E-state index is 11.7. The van der Waals surface area contributed by atoms with Gasteiger partial charge in [-0.05, 0) is 25.1 Å². The summed E-state index contributed by atoms with van der Waals surface area (Å²) < 4.78 is 0. The first-order chi connectivity index (χ1) is 7.95. The van der Waals surface area contributed by atoms with Crippen molar-refractivity contribution >= 4 is 11.7 Å². The Morgan fingerprint density at radius 3 is 2.47 bits per heavy atom. The number of carbonyl (C=O) groups is 2. The molecule has 0 saturated heterocycles. The molecule has 1 unspecified atom stereocenters. The van der Waals surface area contributed by atoms with Crippen molar-refractivity contribution < 1.29 is 19.8 Å². The fourth-order valence-electron chi connectivity index (χ4n) is 1.33. The van der Waals surface area contributed by atoms with Gasteiger partial charge in [0.25, 0.3) is 5.91 Å². The number of ketones is 1. The van der Waals surface area contributed by atoms with Gasteiger partial charge >= 0.3 is 0 Å². The van der Waals surface area contributed by atoms with E-state index < -0.39 is 11.9 Å². The minimum atomic E-state index is -0.566. The number of benzene rings is 1. The van der Waals surface area contributed by atoms with Crippen LogP contribution in [-0.2, 0) is 4.79 Å². The van der Waals surface area contributed by atoms with E-state index in [1.165, 1.54) is 12.1 Å². The molecule has 5 heteroatoms. The molecular formula is C12H15NO4. The van der Waals surface area contributed by atoms with Gasteiger partial charge in [0.05, 0.1) is 6.04 Å². The van der Waals surface area contributed by atoms with E-state index >= 15 is 0 Å². The number of hydrogen-bond acceptors (Lipinski definition) is 4. The van der Waals surface area contributed by atoms with E-state index in [4.69, 9.17) is 5.11 Å². The first-order valence-electron chi connectivity index (χ1n) is 5.31. The van der Waals surface area contributed by atoms with Crippen LogP contribution in [0.3, 0.4) is 0 Å². The summed E-state index contributed by atoms with van der Waals surface area (Å²) in [5.74, 6) is -1.19. The number of phenolic OH excluding ortho intramolecular Hbond substituents is 2. The van der Waals surface area contributed by atoms with E-state index in [-0.39, 0.29) is 22.8 Å². The average Bonchev–Trinajstić information content (AvgIpc) is 2.31. The zero-order chi connectivity index (χ0) is 13.0. The topological polar surface area (TPSA) is 86.6 Å². The van der Waals surface area contributed by atoms with E-state index in [1.807, 2.05) is 0 Å². The number of rotatable bonds is 4. The molecule has 5 nitrogen and oxygen atoms in total. The van der Waals surface area contributed by atoms with Crippen molar-refractivity contribution in [1.29, 1.82) is 0 Å². The number of nitrogens with one attached hydrogen (secondary N) is 1. The van der Waals surface area contributed by atoms with Crippen LogP contribution in [0.1, 0.15) is 30.6 Å². The lowest BCUT2D eigenvalue weighted by Gasteiger charge is -2.12. The average molecular weight is 237 g/mol. The van der Waals surface area contributed by atoms with Crippen LogP contribution in [0.2, 0.25) is 0 Å². The molecule has 0 bridgehead atoms. The fourth-order valence-corrected chi connectivity index (χ4v) is 1.33. The highest BCUT2D eigenvalue weighted by atomic mass is 16.3. The standard InChI is InChI=1S/C12H15NO4/c1-3-9(14)7(2)13-12(17)8-4-5-10(15)11(16)6-8/h4-7,15-16H,3H2,1-2H3,(H,13,17). The second kappa shape index (κ2) is 5.34. The lowest BCUT2D eigenvalue weighted by Crippen LogP contribution is -2.38. The molecule has 0 spiro atoms. The molecule has 0 saturated carbocycles. The number of aromatic hydroxyl groups is 2. The Hall–Kier alpha value is -2.04. The van der Waals surface area contributed by atoms with Crippen molar-refractivity contribution in [3.8, 4) is 11.5 Å². The minimum absolute atomic E-state index is 0.0682. The summed E-state index contributed by atoms with van der Waals surface area (Å²) >= 11 is 0. The van der Waals surface area contributed by atoms with Crippen LogP contribution >= 0.6 is 0 Å². The smallest absolute Gasteiger partial charge is 0.251 e. The van der Waals surface area contributed by atoms with Crippen LogP contribution in [-0.4, -0.2) is 27.9 Å². The van der Waals surface area contributed by atoms with Gasteiger partial charge in [-0.3, -0.25) is 9.59 Å². The first kappa shape index (κ1) is 13.0. The zero-order valence-electron chi connectivity index (χ0n) is 9.73. The molecule has 0 aliphatic heterocycles. The van der Waals surface area contributed by atoms with E-state index in [9.17, 15) is 14.7 Å². The van der Waals surface area contributed by atoms with Crippen molar-refractivity contribution in [2.24, 2.45) is 0 Å². The Bertz CT molecular complexity index is 442. The zero-order valence-corrected chi connectivity index (χ0v) is 9.73. The van der Waals surface area contributed by atoms with Crippen LogP contribution in [0.15, 0.2) is 18.2 Å². The highest BCUT2D eigenvalue weighted by Gasteiger charge is 2.15. The first-order valence-corrected chi connectivity index (χ1v) is 5.31. The Labute approximate surface area is 99.1 Å². The summed E-state index contributed by atoms with van der Waals surface area (Å²) in [4.78, 5) is 23.0. The lowest BCUT2D eigenvalue weighted by atomic mass is 10.1. The van der Waals surface area contributed by atoms with Gasteiger partial charge in [0.1, 0.15) is 0 Å². The summed E-state index contributed by atoms with van der Waals surface area (Å²) in [5, 5.41) is 20.9. The molecule has 0 aliphatic rings. The molecule has 0 fully saturated rings. The van der Waals surface area contributed by atoms with Crippen molar-refractivity contribution in [2.75, 3.05) is 0 Å². The molecule has 92 valence electrons. The lowest BCUT2D eigenvalue weighted by molar-refractivity contribution is -0.120. The van der Waals surface area contributed by atoms with E-state index in [0.717, 1.165) is 6.07 Å². The largest absolute Gasteiger partial charge is 0.504 e. The van der Waals surface area contributed by atoms with Crippen LogP contribution in [0.25, 0.3) is 0 Å². The molecule has 1 aromatic carbocycles. The normalized spacial score (nSPS) is 11.9. The number of Topliss-reactive ketones (excluding diaryl/α,β-unsaturated/α-hetero) is 1. The predicted molar refractivity (Wildman–Crippen MR) is 62.0 cm³/mol. The Kier molecular flexibility index (Phi) is 4.09. The van der Waals surface area contributed by atoms with E-state index in [1.54, 1.807) is 13.8 Å². The quantitative estimate of drug-likeness (QED) is 0.686. The molecule has 0 aliphatic carbocycles. The van der Waals surface area contributed by atoms with Crippen molar-refractivity contribution in [2.45, 2.75) is 26.3 Å². The maximum Gasteiger partial charge on any atom is 0.251 e. The molecule has 0 radical (unpaired) electrons. The van der Waals surface area contributed by atoms with E-state index in [0.29, 0.717) is 6.42 Å². The highest BCUT2D eigenvalue weighted by molar-refractivity contribution is 5.98. The van der Waals surface area contributed by atoms with Gasteiger partial charge in [-0.15, -0.1) is 0 Å². The second-order valence-corrected chi connectivity index (χ2v) is 3.72. The van der Waals surface area contributed by atoms with Crippen LogP contribution < -0.4 is 5.32 Å². The Balaban J connectivity index is 2.76. The van der Waals surface area contributed by atoms with Crippen LogP contribution in [0, 0.1) is 0 Å². The molecule has 3 N–H and O–H groups in total. The number of amides is 1. The second-order valence-electron chi connectivity index (χ2n) is 3.72. The number of hydrogen-bond donors (Lipinski definition) is 3. The molecule has 1 aromatic rings. The van der Waals surface area contributed by atoms with Crippen molar-refractivity contribution in [3.05, 3.63) is 23.8 Å². The number of phenols is 2. The molecule has 1 amide bonds. The molecule has 0 aromatic heterocycles. The summed E-state index contributed by atoms with van der Waals surface area (Å²) in [5.41, 5.74) is 0.191. The molecular weight excluding hydrogens is 222 g/mol. The minimum Gasteiger partial charge on any atom is -0.504 e. The van der Waals surface area contributed by atoms with Gasteiger partial charge in [-0.2, -0.15) is 0 Å². The molecule has 0 heterocycles. The van der Waals surface area contributed by atoms with Crippen molar-refractivity contribution in [1.82, 2.24) is 5.32 Å². The van der Waals surface area contributed by atoms with Crippen molar-refractivity contribution in [3.63, 3.8) is 0 Å². The Morgan fingerprint density at radius 1 is 1.29 bits per heavy atom. The van der Waals surface area contributed by atoms with Gasteiger partial charge in [0.15, 0.2) is 17.3 Å². The monoisotopic (exact) mass is 237 g/mol. The molecule has 1 atom stereocenters. The molecule has 17 heavy (non-hydrogen) atoms. The highest BCUT2D eigenvalue weighted by Crippen LogP contribution is 2.24. The van der Waals surface area contributed by atoms with Gasteiger partial charge in [0, 0.05) is 12.0 Å². The van der Waals surface area contributed by atoms with Gasteiger partial charge in [0.2, 0.25) is 0 Å². The number of carbonyl (C=O) groups excluding carboxylic acids is 2. The third kappa shape index (κ3) is 3.21. The van der Waals surface area contributed by atoms with Gasteiger partial charge < -0.3 is 15.5 Å². The van der Waals surface area contributed by atoms with Crippen LogP contribution in [0.5, 0.6) is 11.5 Å². The predicted octanol–water partition coefficient (Wildman–Crippen LogP) is 1.20. The summed E-state index contributed by atoms with van der Waals surface area (Å²) in [7, 11) is 0. The third-order valence-electron chi connectivity index (χ3n) is 2.42. The van der Waals surface area contributed by atoms with Gasteiger partial charge in [-0.25, -0.2) is 0 Å². The van der Waals surface area contributed by atoms with E-state index in [2.05, 4.69) is 5.32 Å².